The van der Waals surface area contributed by atoms with Gasteiger partial charge in [-0.25, -0.2) is 0 Å². The molecule has 1 saturated heterocycles. The first-order valence-corrected chi connectivity index (χ1v) is 7.59. The number of nitrogens with two attached hydrogens (primary N) is 1. The van der Waals surface area contributed by atoms with Crippen molar-refractivity contribution in [2.24, 2.45) is 0 Å². The summed E-state index contributed by atoms with van der Waals surface area (Å²) >= 11 is 0. The molecule has 0 saturated carbocycles. The Balaban J connectivity index is 1.72. The van der Waals surface area contributed by atoms with Crippen LogP contribution < -0.4 is 10.6 Å². The fraction of sp³-hybridized carbons (Fsp3) is 0.562. The lowest BCUT2D eigenvalue weighted by Gasteiger charge is -2.36. The highest BCUT2D eigenvalue weighted by Gasteiger charge is 2.17. The Morgan fingerprint density at radius 2 is 1.95 bits per heavy atom. The van der Waals surface area contributed by atoms with Gasteiger partial charge in [-0.15, -0.1) is 0 Å². The van der Waals surface area contributed by atoms with Crippen LogP contribution in [0.25, 0.3) is 0 Å². The van der Waals surface area contributed by atoms with E-state index in [1.54, 1.807) is 4.90 Å². The van der Waals surface area contributed by atoms with Gasteiger partial charge in [-0.3, -0.25) is 9.69 Å². The fourth-order valence-corrected chi connectivity index (χ4v) is 2.63. The highest BCUT2D eigenvalue weighted by molar-refractivity contribution is 5.75. The molecule has 116 valence electrons. The van der Waals surface area contributed by atoms with E-state index in [0.29, 0.717) is 6.42 Å². The monoisotopic (exact) mass is 290 g/mol. The standard InChI is InChI=1S/C16H26N4O/c1-18(2)16(21)7-4-8-19-9-11-20(12-10-19)15-6-3-5-14(17)13-15/h3,5-6,13H,4,7-12,17H2,1-2H3. The summed E-state index contributed by atoms with van der Waals surface area (Å²) < 4.78 is 0. The lowest BCUT2D eigenvalue weighted by Crippen LogP contribution is -2.46. The highest BCUT2D eigenvalue weighted by atomic mass is 16.2. The number of amides is 1. The molecule has 1 aliphatic rings. The van der Waals surface area contributed by atoms with E-state index in [4.69, 9.17) is 5.73 Å². The molecule has 0 bridgehead atoms. The molecule has 0 unspecified atom stereocenters. The Morgan fingerprint density at radius 3 is 2.57 bits per heavy atom. The maximum absolute atomic E-state index is 11.5. The van der Waals surface area contributed by atoms with E-state index < -0.39 is 0 Å². The maximum Gasteiger partial charge on any atom is 0.222 e. The second kappa shape index (κ2) is 7.31. The second-order valence-corrected chi connectivity index (χ2v) is 5.82. The third kappa shape index (κ3) is 4.63. The largest absolute Gasteiger partial charge is 0.399 e. The van der Waals surface area contributed by atoms with Gasteiger partial charge in [-0.1, -0.05) is 6.07 Å². The van der Waals surface area contributed by atoms with Crippen molar-refractivity contribution in [2.75, 3.05) is 57.5 Å². The topological polar surface area (TPSA) is 52.8 Å². The molecule has 1 fully saturated rings. The normalized spacial score (nSPS) is 16.0. The number of carbonyl (C=O) groups excluding carboxylic acids is 1. The summed E-state index contributed by atoms with van der Waals surface area (Å²) in [6.07, 6.45) is 1.58. The van der Waals surface area contributed by atoms with Gasteiger partial charge in [0.15, 0.2) is 0 Å². The molecule has 0 radical (unpaired) electrons. The zero-order valence-corrected chi connectivity index (χ0v) is 13.1. The van der Waals surface area contributed by atoms with E-state index in [1.807, 2.05) is 32.3 Å². The van der Waals surface area contributed by atoms with Gasteiger partial charge in [-0.2, -0.15) is 0 Å². The average molecular weight is 290 g/mol. The van der Waals surface area contributed by atoms with E-state index in [0.717, 1.165) is 44.8 Å². The van der Waals surface area contributed by atoms with Crippen LogP contribution in [0, 0.1) is 0 Å². The number of nitrogen functional groups attached to an aromatic ring is 1. The van der Waals surface area contributed by atoms with Crippen molar-refractivity contribution in [3.63, 3.8) is 0 Å². The number of rotatable bonds is 5. The summed E-state index contributed by atoms with van der Waals surface area (Å²) in [5.74, 6) is 0.216. The van der Waals surface area contributed by atoms with Crippen molar-refractivity contribution in [3.05, 3.63) is 24.3 Å². The van der Waals surface area contributed by atoms with E-state index in [2.05, 4.69) is 15.9 Å². The van der Waals surface area contributed by atoms with Crippen LogP contribution in [-0.4, -0.2) is 62.5 Å². The summed E-state index contributed by atoms with van der Waals surface area (Å²) in [7, 11) is 3.62. The molecule has 1 aliphatic heterocycles. The fourth-order valence-electron chi connectivity index (χ4n) is 2.63. The molecule has 1 amide bonds. The van der Waals surface area contributed by atoms with Crippen LogP contribution in [0.1, 0.15) is 12.8 Å². The Kier molecular flexibility index (Phi) is 5.44. The van der Waals surface area contributed by atoms with Gasteiger partial charge < -0.3 is 15.5 Å². The maximum atomic E-state index is 11.5. The number of piperazine rings is 1. The van der Waals surface area contributed by atoms with Gasteiger partial charge in [-0.05, 0) is 31.2 Å². The molecule has 0 spiro atoms. The molecule has 21 heavy (non-hydrogen) atoms. The summed E-state index contributed by atoms with van der Waals surface area (Å²) in [5, 5.41) is 0. The molecular formula is C16H26N4O. The molecule has 2 rings (SSSR count). The van der Waals surface area contributed by atoms with Crippen LogP contribution in [0.3, 0.4) is 0 Å². The van der Waals surface area contributed by atoms with Crippen molar-refractivity contribution >= 4 is 17.3 Å². The SMILES string of the molecule is CN(C)C(=O)CCCN1CCN(c2cccc(N)c2)CC1. The minimum atomic E-state index is 0.216. The minimum absolute atomic E-state index is 0.216. The van der Waals surface area contributed by atoms with E-state index >= 15 is 0 Å². The zero-order valence-electron chi connectivity index (χ0n) is 13.1. The third-order valence-electron chi connectivity index (χ3n) is 3.97. The van der Waals surface area contributed by atoms with Crippen molar-refractivity contribution in [1.82, 2.24) is 9.80 Å². The second-order valence-electron chi connectivity index (χ2n) is 5.82. The van der Waals surface area contributed by atoms with Crippen molar-refractivity contribution in [3.8, 4) is 0 Å². The van der Waals surface area contributed by atoms with Crippen LogP contribution in [0.5, 0.6) is 0 Å². The smallest absolute Gasteiger partial charge is 0.222 e. The molecule has 1 aromatic rings. The van der Waals surface area contributed by atoms with Crippen molar-refractivity contribution in [2.45, 2.75) is 12.8 Å². The summed E-state index contributed by atoms with van der Waals surface area (Å²) in [6, 6.07) is 8.07. The first-order valence-electron chi connectivity index (χ1n) is 7.59. The number of benzene rings is 1. The molecule has 0 aliphatic carbocycles. The van der Waals surface area contributed by atoms with E-state index in [-0.39, 0.29) is 5.91 Å². The molecule has 0 atom stereocenters. The third-order valence-corrected chi connectivity index (χ3v) is 3.97. The quantitative estimate of drug-likeness (QED) is 0.830. The Morgan fingerprint density at radius 1 is 1.24 bits per heavy atom. The number of hydrogen-bond acceptors (Lipinski definition) is 4. The first kappa shape index (κ1) is 15.6. The van der Waals surface area contributed by atoms with Crippen molar-refractivity contribution in [1.29, 1.82) is 0 Å². The van der Waals surface area contributed by atoms with Crippen LogP contribution >= 0.6 is 0 Å². The Bertz CT molecular complexity index is 467. The number of anilines is 2. The molecule has 0 aromatic heterocycles. The predicted octanol–water partition coefficient (Wildman–Crippen LogP) is 1.26. The molecule has 2 N–H and O–H groups in total. The van der Waals surface area contributed by atoms with Crippen LogP contribution in [0.15, 0.2) is 24.3 Å². The van der Waals surface area contributed by atoms with Gasteiger partial charge >= 0.3 is 0 Å². The lowest BCUT2D eigenvalue weighted by molar-refractivity contribution is -0.128. The van der Waals surface area contributed by atoms with Crippen LogP contribution in [0.4, 0.5) is 11.4 Å². The van der Waals surface area contributed by atoms with Gasteiger partial charge in [0.1, 0.15) is 0 Å². The zero-order chi connectivity index (χ0) is 15.2. The first-order chi connectivity index (χ1) is 10.1. The van der Waals surface area contributed by atoms with Gasteiger partial charge in [0.25, 0.3) is 0 Å². The number of nitrogens with zero attached hydrogens (tertiary/aromatic N) is 3. The summed E-state index contributed by atoms with van der Waals surface area (Å²) in [4.78, 5) is 18.0. The number of carbonyl (C=O) groups is 1. The Labute approximate surface area is 127 Å². The van der Waals surface area contributed by atoms with Gasteiger partial charge in [0, 0.05) is 58.1 Å². The van der Waals surface area contributed by atoms with Crippen LogP contribution in [0.2, 0.25) is 0 Å². The Hall–Kier alpha value is -1.75. The molecule has 1 aromatic carbocycles. The molecular weight excluding hydrogens is 264 g/mol. The molecule has 1 heterocycles. The van der Waals surface area contributed by atoms with Crippen LogP contribution in [-0.2, 0) is 4.79 Å². The summed E-state index contributed by atoms with van der Waals surface area (Å²) in [6.45, 7) is 5.14. The molecule has 5 nitrogen and oxygen atoms in total. The summed E-state index contributed by atoms with van der Waals surface area (Å²) in [5.41, 5.74) is 7.86. The van der Waals surface area contributed by atoms with E-state index in [9.17, 15) is 4.79 Å². The van der Waals surface area contributed by atoms with Gasteiger partial charge in [0.2, 0.25) is 5.91 Å². The average Bonchev–Trinajstić information content (AvgIpc) is 2.47. The predicted molar refractivity (Wildman–Crippen MR) is 87.4 cm³/mol. The molecule has 5 heteroatoms. The lowest BCUT2D eigenvalue weighted by atomic mass is 10.2. The van der Waals surface area contributed by atoms with Gasteiger partial charge in [0.05, 0.1) is 0 Å². The van der Waals surface area contributed by atoms with Crippen molar-refractivity contribution < 1.29 is 4.79 Å². The van der Waals surface area contributed by atoms with E-state index in [1.165, 1.54) is 5.69 Å². The number of hydrogen-bond donors (Lipinski definition) is 1. The minimum Gasteiger partial charge on any atom is -0.399 e. The highest BCUT2D eigenvalue weighted by Crippen LogP contribution is 2.19.